The number of carbonyl (C=O) groups is 1. The Bertz CT molecular complexity index is 298. The van der Waals surface area contributed by atoms with Gasteiger partial charge in [0.05, 0.1) is 18.8 Å². The fourth-order valence-electron chi connectivity index (χ4n) is 1.56. The van der Waals surface area contributed by atoms with E-state index < -0.39 is 15.8 Å². The predicted octanol–water partition coefficient (Wildman–Crippen LogP) is -3.56. The molecule has 0 radical (unpaired) electrons. The van der Waals surface area contributed by atoms with E-state index in [0.29, 0.717) is 11.3 Å². The molecule has 1 rings (SSSR count). The SMILES string of the molecule is C[NH+](CC(=O)[O-])[C@H]1CCS(=O)(=O)C1. The molecule has 1 aliphatic rings. The van der Waals surface area contributed by atoms with E-state index in [2.05, 4.69) is 0 Å². The molecule has 13 heavy (non-hydrogen) atoms. The third kappa shape index (κ3) is 2.96. The van der Waals surface area contributed by atoms with E-state index in [9.17, 15) is 18.3 Å². The highest BCUT2D eigenvalue weighted by atomic mass is 32.2. The molecule has 0 spiro atoms. The molecule has 0 saturated carbocycles. The molecule has 1 N–H and O–H groups in total. The van der Waals surface area contributed by atoms with Crippen LogP contribution in [0.15, 0.2) is 0 Å². The molecule has 1 heterocycles. The lowest BCUT2D eigenvalue weighted by Gasteiger charge is -2.19. The summed E-state index contributed by atoms with van der Waals surface area (Å²) in [6, 6.07) is -0.0806. The van der Waals surface area contributed by atoms with Crippen molar-refractivity contribution in [3.63, 3.8) is 0 Å². The molecule has 2 atom stereocenters. The van der Waals surface area contributed by atoms with Crippen LogP contribution in [0, 0.1) is 0 Å². The average molecular weight is 207 g/mol. The Balaban J connectivity index is 2.51. The number of sulfone groups is 1. The van der Waals surface area contributed by atoms with Gasteiger partial charge in [-0.3, -0.25) is 0 Å². The topological polar surface area (TPSA) is 78.7 Å². The number of nitrogens with one attached hydrogen (secondary N) is 1. The summed E-state index contributed by atoms with van der Waals surface area (Å²) in [5.41, 5.74) is 0. The summed E-state index contributed by atoms with van der Waals surface area (Å²) in [6.07, 6.45) is 0.557. The maximum atomic E-state index is 11.1. The zero-order valence-electron chi connectivity index (χ0n) is 7.45. The molecule has 0 aliphatic carbocycles. The van der Waals surface area contributed by atoms with Gasteiger partial charge in [0.15, 0.2) is 9.84 Å². The summed E-state index contributed by atoms with van der Waals surface area (Å²) in [5, 5.41) is 10.2. The number of carbonyl (C=O) groups excluding carboxylic acids is 1. The Morgan fingerprint density at radius 1 is 1.62 bits per heavy atom. The van der Waals surface area contributed by atoms with Gasteiger partial charge in [-0.15, -0.1) is 0 Å². The van der Waals surface area contributed by atoms with E-state index in [4.69, 9.17) is 0 Å². The van der Waals surface area contributed by atoms with Crippen LogP contribution in [0.3, 0.4) is 0 Å². The van der Waals surface area contributed by atoms with Crippen LogP contribution in [0.25, 0.3) is 0 Å². The van der Waals surface area contributed by atoms with Crippen molar-refractivity contribution in [3.8, 4) is 0 Å². The first kappa shape index (κ1) is 10.5. The number of hydrogen-bond donors (Lipinski definition) is 1. The summed E-state index contributed by atoms with van der Waals surface area (Å²) in [5.74, 6) is -0.851. The maximum Gasteiger partial charge on any atom is 0.156 e. The number of rotatable bonds is 3. The van der Waals surface area contributed by atoms with Crippen LogP contribution in [-0.2, 0) is 14.6 Å². The van der Waals surface area contributed by atoms with Gasteiger partial charge in [0.1, 0.15) is 18.3 Å². The van der Waals surface area contributed by atoms with Gasteiger partial charge >= 0.3 is 0 Å². The zero-order valence-corrected chi connectivity index (χ0v) is 8.26. The molecular weight excluding hydrogens is 194 g/mol. The summed E-state index contributed by atoms with van der Waals surface area (Å²) in [4.78, 5) is 11.0. The highest BCUT2D eigenvalue weighted by Crippen LogP contribution is 2.08. The Labute approximate surface area is 77.3 Å². The van der Waals surface area contributed by atoms with Crippen molar-refractivity contribution in [2.75, 3.05) is 25.1 Å². The number of hydrogen-bond acceptors (Lipinski definition) is 4. The van der Waals surface area contributed by atoms with E-state index in [1.807, 2.05) is 0 Å². The Morgan fingerprint density at radius 2 is 2.23 bits per heavy atom. The summed E-state index contributed by atoms with van der Waals surface area (Å²) in [7, 11) is -1.23. The van der Waals surface area contributed by atoms with Gasteiger partial charge in [-0.1, -0.05) is 0 Å². The molecule has 6 heteroatoms. The van der Waals surface area contributed by atoms with Crippen molar-refractivity contribution in [3.05, 3.63) is 0 Å². The molecule has 0 aromatic heterocycles. The van der Waals surface area contributed by atoms with Gasteiger partial charge in [-0.25, -0.2) is 8.42 Å². The van der Waals surface area contributed by atoms with Crippen molar-refractivity contribution in [1.29, 1.82) is 0 Å². The minimum Gasteiger partial charge on any atom is -0.544 e. The molecule has 0 aromatic carbocycles. The fraction of sp³-hybridized carbons (Fsp3) is 0.857. The summed E-state index contributed by atoms with van der Waals surface area (Å²) < 4.78 is 22.1. The van der Waals surface area contributed by atoms with Crippen LogP contribution in [0.1, 0.15) is 6.42 Å². The summed E-state index contributed by atoms with van der Waals surface area (Å²) in [6.45, 7) is -0.125. The van der Waals surface area contributed by atoms with Gasteiger partial charge in [0.2, 0.25) is 0 Å². The predicted molar refractivity (Wildman–Crippen MR) is 43.8 cm³/mol. The third-order valence-corrected chi connectivity index (χ3v) is 4.12. The van der Waals surface area contributed by atoms with Crippen LogP contribution in [-0.4, -0.2) is 45.5 Å². The highest BCUT2D eigenvalue weighted by molar-refractivity contribution is 7.91. The smallest absolute Gasteiger partial charge is 0.156 e. The fourth-order valence-corrected chi connectivity index (χ4v) is 3.43. The van der Waals surface area contributed by atoms with Gasteiger partial charge in [-0.2, -0.15) is 0 Å². The second kappa shape index (κ2) is 3.63. The van der Waals surface area contributed by atoms with Gasteiger partial charge in [-0.05, 0) is 0 Å². The molecule has 76 valence electrons. The maximum absolute atomic E-state index is 11.1. The standard InChI is InChI=1S/C7H13NO4S/c1-8(4-7(9)10)6-2-3-13(11,12)5-6/h6H,2-5H2,1H3,(H,9,10)/t6-/m0/s1. The summed E-state index contributed by atoms with van der Waals surface area (Å²) >= 11 is 0. The van der Waals surface area contributed by atoms with Crippen LogP contribution >= 0.6 is 0 Å². The van der Waals surface area contributed by atoms with Crippen molar-refractivity contribution >= 4 is 15.8 Å². The second-order valence-corrected chi connectivity index (χ2v) is 5.72. The number of quaternary nitrogens is 1. The van der Waals surface area contributed by atoms with E-state index >= 15 is 0 Å². The molecule has 1 saturated heterocycles. The van der Waals surface area contributed by atoms with Gasteiger partial charge in [0, 0.05) is 6.42 Å². The number of aliphatic carboxylic acids is 1. The molecule has 5 nitrogen and oxygen atoms in total. The lowest BCUT2D eigenvalue weighted by Crippen LogP contribution is -3.14. The molecule has 1 unspecified atom stereocenters. The van der Waals surface area contributed by atoms with E-state index in [1.54, 1.807) is 7.05 Å². The van der Waals surface area contributed by atoms with Crippen molar-refractivity contribution in [2.45, 2.75) is 12.5 Å². The number of likely N-dealkylation sites (N-methyl/N-ethyl adjacent to an activating group) is 1. The Kier molecular flexibility index (Phi) is 2.92. The largest absolute Gasteiger partial charge is 0.544 e. The van der Waals surface area contributed by atoms with Crippen LogP contribution < -0.4 is 10.0 Å². The van der Waals surface area contributed by atoms with E-state index in [1.165, 1.54) is 0 Å². The van der Waals surface area contributed by atoms with Crippen LogP contribution in [0.2, 0.25) is 0 Å². The molecule has 1 aliphatic heterocycles. The minimum absolute atomic E-state index is 0.0806. The van der Waals surface area contributed by atoms with Crippen LogP contribution in [0.5, 0.6) is 0 Å². The van der Waals surface area contributed by atoms with Crippen molar-refractivity contribution in [2.24, 2.45) is 0 Å². The normalized spacial score (nSPS) is 28.5. The Morgan fingerprint density at radius 3 is 2.62 bits per heavy atom. The average Bonchev–Trinajstić information content (AvgIpc) is 2.28. The van der Waals surface area contributed by atoms with Crippen molar-refractivity contribution in [1.82, 2.24) is 0 Å². The lowest BCUT2D eigenvalue weighted by molar-refractivity contribution is -0.896. The van der Waals surface area contributed by atoms with Gasteiger partial charge in [0.25, 0.3) is 0 Å². The molecule has 0 aromatic rings. The molecule has 0 amide bonds. The number of carboxylic acids is 1. The first-order chi connectivity index (χ1) is 5.91. The highest BCUT2D eigenvalue weighted by Gasteiger charge is 2.33. The second-order valence-electron chi connectivity index (χ2n) is 3.50. The van der Waals surface area contributed by atoms with Gasteiger partial charge < -0.3 is 14.8 Å². The molecule has 0 bridgehead atoms. The van der Waals surface area contributed by atoms with Crippen LogP contribution in [0.4, 0.5) is 0 Å². The first-order valence-corrected chi connectivity index (χ1v) is 5.95. The lowest BCUT2D eigenvalue weighted by atomic mass is 10.2. The monoisotopic (exact) mass is 207 g/mol. The zero-order chi connectivity index (χ0) is 10.1. The van der Waals surface area contributed by atoms with E-state index in [-0.39, 0.29) is 24.1 Å². The third-order valence-electron chi connectivity index (χ3n) is 2.35. The van der Waals surface area contributed by atoms with Crippen molar-refractivity contribution < 1.29 is 23.2 Å². The number of carboxylic acid groups (broad SMARTS) is 1. The van der Waals surface area contributed by atoms with E-state index in [0.717, 1.165) is 0 Å². The first-order valence-electron chi connectivity index (χ1n) is 4.13. The molecular formula is C7H13NO4S. The minimum atomic E-state index is -2.91. The quantitative estimate of drug-likeness (QED) is 0.519. The Hall–Kier alpha value is -0.620. The molecule has 1 fully saturated rings.